The van der Waals surface area contributed by atoms with E-state index in [1.165, 1.54) is 0 Å². The van der Waals surface area contributed by atoms with Gasteiger partial charge in [-0.25, -0.2) is 0 Å². The number of likely N-dealkylation sites (tertiary alicyclic amines) is 1. The highest BCUT2D eigenvalue weighted by Crippen LogP contribution is 2.06. The molecule has 0 aromatic heterocycles. The van der Waals surface area contributed by atoms with Gasteiger partial charge in [-0.3, -0.25) is 4.79 Å². The fourth-order valence-electron chi connectivity index (χ4n) is 1.11. The van der Waals surface area contributed by atoms with Crippen LogP contribution in [0.1, 0.15) is 19.8 Å². The second kappa shape index (κ2) is 6.31. The molecule has 1 rings (SSSR count). The molecule has 1 saturated heterocycles. The molecule has 1 heterocycles. The van der Waals surface area contributed by atoms with E-state index < -0.39 is 0 Å². The molecule has 0 radical (unpaired) electrons. The number of rotatable bonds is 0. The summed E-state index contributed by atoms with van der Waals surface area (Å²) in [5.74, 6) is 5.11. The molecule has 12 heavy (non-hydrogen) atoms. The van der Waals surface area contributed by atoms with Crippen LogP contribution in [0.5, 0.6) is 0 Å². The molecule has 0 aromatic carbocycles. The van der Waals surface area contributed by atoms with Gasteiger partial charge >= 0.3 is 0 Å². The van der Waals surface area contributed by atoms with Gasteiger partial charge in [0, 0.05) is 13.1 Å². The Morgan fingerprint density at radius 1 is 1.33 bits per heavy atom. The van der Waals surface area contributed by atoms with Crippen molar-refractivity contribution in [1.29, 1.82) is 0 Å². The van der Waals surface area contributed by atoms with E-state index in [9.17, 15) is 4.79 Å². The number of nitrogens with zero attached hydrogens (tertiary/aromatic N) is 1. The van der Waals surface area contributed by atoms with Gasteiger partial charge in [-0.2, -0.15) is 0 Å². The van der Waals surface area contributed by atoms with Crippen LogP contribution in [0.2, 0.25) is 0 Å². The third-order valence-corrected chi connectivity index (χ3v) is 1.63. The van der Waals surface area contributed by atoms with E-state index in [-0.39, 0.29) is 5.91 Å². The predicted octanol–water partition coefficient (Wildman–Crippen LogP) is 0.881. The van der Waals surface area contributed by atoms with Gasteiger partial charge in [0.1, 0.15) is 0 Å². The van der Waals surface area contributed by atoms with E-state index >= 15 is 0 Å². The lowest BCUT2D eigenvalue weighted by Crippen LogP contribution is -2.25. The van der Waals surface area contributed by atoms with Crippen LogP contribution in [0.3, 0.4) is 0 Å². The predicted molar refractivity (Wildman–Crippen MR) is 49.2 cm³/mol. The summed E-state index contributed by atoms with van der Waals surface area (Å²) in [4.78, 5) is 12.8. The third-order valence-electron chi connectivity index (χ3n) is 1.63. The summed E-state index contributed by atoms with van der Waals surface area (Å²) in [7, 11) is 0. The van der Waals surface area contributed by atoms with Gasteiger partial charge in [0.2, 0.25) is 0 Å². The Morgan fingerprint density at radius 2 is 1.83 bits per heavy atom. The normalized spacial score (nSPS) is 13.8. The maximum Gasteiger partial charge on any atom is 0.298 e. The fraction of sp³-hybridized carbons (Fsp3) is 0.500. The number of carbonyl (C=O) groups excluding carboxylic acids is 1. The lowest BCUT2D eigenvalue weighted by Gasteiger charge is -2.09. The first-order valence-corrected chi connectivity index (χ1v) is 3.89. The average molecular weight is 163 g/mol. The summed E-state index contributed by atoms with van der Waals surface area (Å²) in [6, 6.07) is 0. The molecule has 1 aliphatic rings. The summed E-state index contributed by atoms with van der Waals surface area (Å²) in [5.41, 5.74) is 0. The summed E-state index contributed by atoms with van der Waals surface area (Å²) < 4.78 is 0. The highest BCUT2D eigenvalue weighted by Gasteiger charge is 2.14. The van der Waals surface area contributed by atoms with Crippen molar-refractivity contribution < 1.29 is 4.79 Å². The zero-order chi connectivity index (χ0) is 9.40. The third kappa shape index (κ3) is 3.12. The van der Waals surface area contributed by atoms with Crippen LogP contribution in [0.4, 0.5) is 0 Å². The molecule has 1 aliphatic heterocycles. The van der Waals surface area contributed by atoms with Crippen LogP contribution in [0, 0.1) is 24.7 Å². The van der Waals surface area contributed by atoms with Crippen LogP contribution in [0.15, 0.2) is 0 Å². The number of terminal acetylenes is 1. The van der Waals surface area contributed by atoms with Crippen molar-refractivity contribution in [2.24, 2.45) is 0 Å². The van der Waals surface area contributed by atoms with Gasteiger partial charge in [-0.05, 0) is 25.7 Å². The first-order chi connectivity index (χ1) is 5.84. The van der Waals surface area contributed by atoms with Gasteiger partial charge < -0.3 is 4.90 Å². The monoisotopic (exact) mass is 163 g/mol. The van der Waals surface area contributed by atoms with Gasteiger partial charge in [0.05, 0.1) is 0 Å². The molecule has 1 fully saturated rings. The molecule has 0 unspecified atom stereocenters. The topological polar surface area (TPSA) is 20.3 Å². The van der Waals surface area contributed by atoms with E-state index in [4.69, 9.17) is 0 Å². The maximum absolute atomic E-state index is 11.0. The molecule has 2 heteroatoms. The Labute approximate surface area is 73.9 Å². The van der Waals surface area contributed by atoms with Crippen LogP contribution in [-0.4, -0.2) is 23.9 Å². The van der Waals surface area contributed by atoms with E-state index in [0.717, 1.165) is 25.9 Å². The van der Waals surface area contributed by atoms with Crippen molar-refractivity contribution in [2.75, 3.05) is 13.1 Å². The van der Waals surface area contributed by atoms with Gasteiger partial charge in [0.25, 0.3) is 5.91 Å². The van der Waals surface area contributed by atoms with Gasteiger partial charge in [-0.15, -0.1) is 12.8 Å². The second-order valence-electron chi connectivity index (χ2n) is 2.37. The Morgan fingerprint density at radius 3 is 2.25 bits per heavy atom. The number of hydrogen-bond acceptors (Lipinski definition) is 1. The first-order valence-electron chi connectivity index (χ1n) is 3.89. The number of carbonyl (C=O) groups is 1. The zero-order valence-electron chi connectivity index (χ0n) is 7.34. The zero-order valence-corrected chi connectivity index (χ0v) is 7.34. The Hall–Kier alpha value is -1.41. The van der Waals surface area contributed by atoms with Crippen molar-refractivity contribution in [1.82, 2.24) is 4.90 Å². The van der Waals surface area contributed by atoms with Crippen molar-refractivity contribution >= 4 is 5.91 Å². The summed E-state index contributed by atoms with van der Waals surface area (Å²) in [6.45, 7) is 3.48. The first kappa shape index (κ1) is 10.6. The standard InChI is InChI=1S/C8H11NO.C2H2/c1-2-5-8(10)9-6-3-4-7-9;1-2/h3-4,6-7H2,1H3;1-2H. The van der Waals surface area contributed by atoms with Crippen LogP contribution in [0.25, 0.3) is 0 Å². The van der Waals surface area contributed by atoms with E-state index in [0.29, 0.717) is 0 Å². The average Bonchev–Trinajstić information content (AvgIpc) is 2.60. The van der Waals surface area contributed by atoms with Crippen LogP contribution >= 0.6 is 0 Å². The van der Waals surface area contributed by atoms with E-state index in [1.807, 2.05) is 0 Å². The summed E-state index contributed by atoms with van der Waals surface area (Å²) in [5, 5.41) is 0. The molecule has 0 bridgehead atoms. The van der Waals surface area contributed by atoms with Gasteiger partial charge in [0.15, 0.2) is 0 Å². The molecule has 0 aliphatic carbocycles. The quantitative estimate of drug-likeness (QED) is 0.485. The van der Waals surface area contributed by atoms with Crippen molar-refractivity contribution in [3.8, 4) is 24.7 Å². The second-order valence-corrected chi connectivity index (χ2v) is 2.37. The minimum atomic E-state index is -0.0139. The lowest BCUT2D eigenvalue weighted by molar-refractivity contribution is -0.124. The molecule has 64 valence electrons. The Bertz CT molecular complexity index is 213. The Kier molecular flexibility index (Phi) is 5.57. The fourth-order valence-corrected chi connectivity index (χ4v) is 1.11. The van der Waals surface area contributed by atoms with E-state index in [1.54, 1.807) is 11.8 Å². The highest BCUT2D eigenvalue weighted by molar-refractivity contribution is 5.93. The lowest BCUT2D eigenvalue weighted by atomic mass is 10.4. The highest BCUT2D eigenvalue weighted by atomic mass is 16.2. The molecular weight excluding hydrogens is 150 g/mol. The minimum absolute atomic E-state index is 0.0139. The van der Waals surface area contributed by atoms with Gasteiger partial charge in [-0.1, -0.05) is 5.92 Å². The van der Waals surface area contributed by atoms with Crippen LogP contribution in [-0.2, 0) is 4.79 Å². The molecule has 0 N–H and O–H groups in total. The molecule has 0 saturated carbocycles. The minimum Gasteiger partial charge on any atom is -0.332 e. The van der Waals surface area contributed by atoms with E-state index in [2.05, 4.69) is 24.7 Å². The van der Waals surface area contributed by atoms with Crippen LogP contribution < -0.4 is 0 Å². The molecule has 0 spiro atoms. The Balaban J connectivity index is 0.000000561. The summed E-state index contributed by atoms with van der Waals surface area (Å²) in [6.07, 6.45) is 10.3. The summed E-state index contributed by atoms with van der Waals surface area (Å²) >= 11 is 0. The smallest absolute Gasteiger partial charge is 0.298 e. The maximum atomic E-state index is 11.0. The number of hydrogen-bond donors (Lipinski definition) is 0. The van der Waals surface area contributed by atoms with Crippen molar-refractivity contribution in [3.63, 3.8) is 0 Å². The molecular formula is C10H13NO. The number of amides is 1. The van der Waals surface area contributed by atoms with Crippen molar-refractivity contribution in [3.05, 3.63) is 0 Å². The SMILES string of the molecule is C#C.CC#CC(=O)N1CCCC1. The molecule has 0 atom stereocenters. The molecule has 0 aromatic rings. The molecule has 2 nitrogen and oxygen atoms in total. The van der Waals surface area contributed by atoms with Crippen molar-refractivity contribution in [2.45, 2.75) is 19.8 Å². The molecule has 1 amide bonds. The largest absolute Gasteiger partial charge is 0.332 e.